The minimum atomic E-state index is -0.303. The van der Waals surface area contributed by atoms with Crippen molar-refractivity contribution < 1.29 is 4.79 Å². The van der Waals surface area contributed by atoms with Gasteiger partial charge in [-0.3, -0.25) is 10.1 Å². The highest BCUT2D eigenvalue weighted by Crippen LogP contribution is 2.31. The Hall–Kier alpha value is -2.38. The standard InChI is InChI=1S/C22H15Cl2N3OS2/c23-17-10-8-15(19(24)12-17)9-11-20(28)25-21-26-27-22(30-21)29-13-16-6-3-5-14-4-1-2-7-18(14)16/h1-12H,13H2,(H,25,26,28)/b11-9+. The number of hydrogen-bond donors (Lipinski definition) is 1. The number of nitrogens with one attached hydrogen (secondary N) is 1. The maximum Gasteiger partial charge on any atom is 0.250 e. The lowest BCUT2D eigenvalue weighted by Crippen LogP contribution is -2.07. The predicted octanol–water partition coefficient (Wildman–Crippen LogP) is 6.94. The van der Waals surface area contributed by atoms with Crippen LogP contribution >= 0.6 is 46.3 Å². The third kappa shape index (κ3) is 5.21. The minimum absolute atomic E-state index is 0.303. The van der Waals surface area contributed by atoms with Gasteiger partial charge in [-0.25, -0.2) is 0 Å². The number of hydrogen-bond acceptors (Lipinski definition) is 5. The van der Waals surface area contributed by atoms with Gasteiger partial charge in [0.05, 0.1) is 0 Å². The summed E-state index contributed by atoms with van der Waals surface area (Å²) in [7, 11) is 0. The van der Waals surface area contributed by atoms with E-state index in [4.69, 9.17) is 23.2 Å². The Morgan fingerprint density at radius 3 is 2.77 bits per heavy atom. The lowest BCUT2D eigenvalue weighted by Gasteiger charge is -2.04. The molecular formula is C22H15Cl2N3OS2. The van der Waals surface area contributed by atoms with E-state index in [2.05, 4.69) is 45.8 Å². The molecule has 3 aromatic carbocycles. The van der Waals surface area contributed by atoms with Gasteiger partial charge in [-0.15, -0.1) is 10.2 Å². The number of halogens is 2. The van der Waals surface area contributed by atoms with Gasteiger partial charge in [-0.2, -0.15) is 0 Å². The number of amides is 1. The number of aromatic nitrogens is 2. The van der Waals surface area contributed by atoms with Crippen LogP contribution in [0.3, 0.4) is 0 Å². The van der Waals surface area contributed by atoms with E-state index in [0.29, 0.717) is 20.7 Å². The Labute approximate surface area is 191 Å². The molecule has 0 spiro atoms. The van der Waals surface area contributed by atoms with Crippen molar-refractivity contribution in [1.82, 2.24) is 10.2 Å². The summed E-state index contributed by atoms with van der Waals surface area (Å²) in [5, 5.41) is 14.9. The van der Waals surface area contributed by atoms with Crippen molar-refractivity contribution in [3.05, 3.63) is 87.9 Å². The maximum atomic E-state index is 12.2. The van der Waals surface area contributed by atoms with Crippen molar-refractivity contribution in [2.45, 2.75) is 10.1 Å². The van der Waals surface area contributed by atoms with Gasteiger partial charge in [0, 0.05) is 21.9 Å². The molecule has 0 aliphatic rings. The normalized spacial score (nSPS) is 11.3. The van der Waals surface area contributed by atoms with Crippen LogP contribution in [0.4, 0.5) is 5.13 Å². The van der Waals surface area contributed by atoms with Gasteiger partial charge in [-0.1, -0.05) is 94.8 Å². The Balaban J connectivity index is 1.37. The molecule has 30 heavy (non-hydrogen) atoms. The van der Waals surface area contributed by atoms with Crippen LogP contribution in [0.15, 0.2) is 71.1 Å². The Morgan fingerprint density at radius 2 is 1.90 bits per heavy atom. The molecule has 0 unspecified atom stereocenters. The summed E-state index contributed by atoms with van der Waals surface area (Å²) in [6.07, 6.45) is 3.03. The van der Waals surface area contributed by atoms with E-state index in [1.54, 1.807) is 36.0 Å². The van der Waals surface area contributed by atoms with Gasteiger partial charge >= 0.3 is 0 Å². The van der Waals surface area contributed by atoms with Crippen molar-refractivity contribution in [2.24, 2.45) is 0 Å². The molecule has 1 amide bonds. The molecule has 4 nitrogen and oxygen atoms in total. The summed E-state index contributed by atoms with van der Waals surface area (Å²) in [4.78, 5) is 12.2. The number of benzene rings is 3. The number of carbonyl (C=O) groups excluding carboxylic acids is 1. The quantitative estimate of drug-likeness (QED) is 0.188. The first kappa shape index (κ1) is 20.9. The topological polar surface area (TPSA) is 54.9 Å². The van der Waals surface area contributed by atoms with E-state index in [9.17, 15) is 4.79 Å². The van der Waals surface area contributed by atoms with Crippen LogP contribution in [0.5, 0.6) is 0 Å². The van der Waals surface area contributed by atoms with Gasteiger partial charge in [0.15, 0.2) is 4.34 Å². The van der Waals surface area contributed by atoms with Gasteiger partial charge in [0.25, 0.3) is 0 Å². The molecule has 8 heteroatoms. The first-order valence-electron chi connectivity index (χ1n) is 8.95. The zero-order valence-electron chi connectivity index (χ0n) is 15.5. The van der Waals surface area contributed by atoms with Crippen molar-refractivity contribution in [1.29, 1.82) is 0 Å². The number of fused-ring (bicyclic) bond motifs is 1. The van der Waals surface area contributed by atoms with Crippen LogP contribution in [0.1, 0.15) is 11.1 Å². The number of nitrogens with zero attached hydrogens (tertiary/aromatic N) is 2. The molecule has 0 saturated carbocycles. The van der Waals surface area contributed by atoms with Crippen LogP contribution in [0.25, 0.3) is 16.8 Å². The highest BCUT2D eigenvalue weighted by Gasteiger charge is 2.09. The van der Waals surface area contributed by atoms with Gasteiger partial charge < -0.3 is 0 Å². The van der Waals surface area contributed by atoms with Gasteiger partial charge in [0.1, 0.15) is 0 Å². The summed E-state index contributed by atoms with van der Waals surface area (Å²) < 4.78 is 0.794. The molecule has 1 heterocycles. The lowest BCUT2D eigenvalue weighted by molar-refractivity contribution is -0.111. The van der Waals surface area contributed by atoms with E-state index < -0.39 is 0 Å². The maximum absolute atomic E-state index is 12.2. The SMILES string of the molecule is O=C(/C=C/c1ccc(Cl)cc1Cl)Nc1nnc(SCc2cccc3ccccc23)s1. The van der Waals surface area contributed by atoms with Crippen molar-refractivity contribution in [2.75, 3.05) is 5.32 Å². The van der Waals surface area contributed by atoms with Crippen molar-refractivity contribution >= 4 is 74.2 Å². The lowest BCUT2D eigenvalue weighted by atomic mass is 10.1. The molecule has 0 fully saturated rings. The third-order valence-corrected chi connectivity index (χ3v) is 6.83. The fourth-order valence-corrected chi connectivity index (χ4v) is 5.06. The molecular weight excluding hydrogens is 457 g/mol. The highest BCUT2D eigenvalue weighted by molar-refractivity contribution is 8.00. The molecule has 0 saturated heterocycles. The highest BCUT2D eigenvalue weighted by atomic mass is 35.5. The first-order valence-corrected chi connectivity index (χ1v) is 11.5. The average molecular weight is 472 g/mol. The molecule has 0 bridgehead atoms. The second-order valence-electron chi connectivity index (χ2n) is 6.29. The third-order valence-electron chi connectivity index (χ3n) is 4.24. The molecule has 1 aromatic heterocycles. The van der Waals surface area contributed by atoms with Crippen LogP contribution in [0.2, 0.25) is 10.0 Å². The van der Waals surface area contributed by atoms with Crippen LogP contribution in [0, 0.1) is 0 Å². The Morgan fingerprint density at radius 1 is 1.07 bits per heavy atom. The first-order chi connectivity index (χ1) is 14.6. The molecule has 4 aromatic rings. The fourth-order valence-electron chi connectivity index (χ4n) is 2.83. The zero-order valence-corrected chi connectivity index (χ0v) is 18.7. The number of carbonyl (C=O) groups is 1. The summed E-state index contributed by atoms with van der Waals surface area (Å²) in [5.74, 6) is 0.474. The molecule has 0 atom stereocenters. The molecule has 4 rings (SSSR count). The zero-order chi connectivity index (χ0) is 20.9. The molecule has 1 N–H and O–H groups in total. The smallest absolute Gasteiger partial charge is 0.250 e. The average Bonchev–Trinajstić information content (AvgIpc) is 3.18. The summed E-state index contributed by atoms with van der Waals surface area (Å²) in [6, 6.07) is 19.7. The largest absolute Gasteiger partial charge is 0.297 e. The molecule has 0 aliphatic carbocycles. The second-order valence-corrected chi connectivity index (χ2v) is 9.33. The summed E-state index contributed by atoms with van der Waals surface area (Å²) >= 11 is 14.9. The summed E-state index contributed by atoms with van der Waals surface area (Å²) in [5.41, 5.74) is 1.95. The van der Waals surface area contributed by atoms with Crippen LogP contribution in [-0.2, 0) is 10.5 Å². The predicted molar refractivity (Wildman–Crippen MR) is 128 cm³/mol. The Kier molecular flexibility index (Phi) is 6.69. The van der Waals surface area contributed by atoms with E-state index >= 15 is 0 Å². The van der Waals surface area contributed by atoms with Gasteiger partial charge in [0.2, 0.25) is 11.0 Å². The van der Waals surface area contributed by atoms with E-state index in [0.717, 1.165) is 10.1 Å². The fraction of sp³-hybridized carbons (Fsp3) is 0.0455. The Bertz CT molecular complexity index is 1230. The van der Waals surface area contributed by atoms with E-state index in [1.165, 1.54) is 33.7 Å². The summed E-state index contributed by atoms with van der Waals surface area (Å²) in [6.45, 7) is 0. The number of thioether (sulfide) groups is 1. The molecule has 0 aliphatic heterocycles. The molecule has 150 valence electrons. The van der Waals surface area contributed by atoms with Crippen molar-refractivity contribution in [3.8, 4) is 0 Å². The van der Waals surface area contributed by atoms with E-state index in [1.807, 2.05) is 12.1 Å². The monoisotopic (exact) mass is 471 g/mol. The minimum Gasteiger partial charge on any atom is -0.297 e. The molecule has 0 radical (unpaired) electrons. The number of rotatable bonds is 6. The second kappa shape index (κ2) is 9.62. The van der Waals surface area contributed by atoms with Crippen LogP contribution < -0.4 is 5.32 Å². The van der Waals surface area contributed by atoms with Crippen LogP contribution in [-0.4, -0.2) is 16.1 Å². The van der Waals surface area contributed by atoms with Gasteiger partial charge in [-0.05, 0) is 40.1 Å². The number of anilines is 1. The van der Waals surface area contributed by atoms with Crippen molar-refractivity contribution in [3.63, 3.8) is 0 Å². The van der Waals surface area contributed by atoms with E-state index in [-0.39, 0.29) is 5.91 Å².